The summed E-state index contributed by atoms with van der Waals surface area (Å²) in [5.74, 6) is 1.46. The molecule has 1 aromatic heterocycles. The van der Waals surface area contributed by atoms with Crippen molar-refractivity contribution in [2.75, 3.05) is 6.61 Å². The summed E-state index contributed by atoms with van der Waals surface area (Å²) < 4.78 is 2.14. The normalized spacial score (nSPS) is 14.6. The fraction of sp³-hybridized carbons (Fsp3) is 0.562. The minimum Gasteiger partial charge on any atom is -0.395 e. The quantitative estimate of drug-likeness (QED) is 0.816. The molecule has 0 aliphatic carbocycles. The Bertz CT molecular complexity index is 548. The topological polar surface area (TPSA) is 64.1 Å². The summed E-state index contributed by atoms with van der Waals surface area (Å²) in [6.07, 6.45) is 3.24. The van der Waals surface area contributed by atoms with Gasteiger partial charge >= 0.3 is 0 Å². The average Bonchev–Trinajstić information content (AvgIpc) is 2.78. The van der Waals surface area contributed by atoms with Crippen LogP contribution in [-0.2, 0) is 6.54 Å². The van der Waals surface area contributed by atoms with E-state index in [4.69, 9.17) is 10.7 Å². The van der Waals surface area contributed by atoms with Crippen LogP contribution >= 0.6 is 0 Å². The number of aliphatic hydroxyl groups excluding tert-OH is 1. The maximum absolute atomic E-state index is 9.29. The highest BCUT2D eigenvalue weighted by Crippen LogP contribution is 2.25. The van der Waals surface area contributed by atoms with Crippen molar-refractivity contribution in [2.45, 2.75) is 51.6 Å². The summed E-state index contributed by atoms with van der Waals surface area (Å²) in [7, 11) is 0. The summed E-state index contributed by atoms with van der Waals surface area (Å²) in [5, 5.41) is 9.29. The highest BCUT2D eigenvalue weighted by molar-refractivity contribution is 5.76. The molecule has 20 heavy (non-hydrogen) atoms. The predicted molar refractivity (Wildman–Crippen MR) is 82.7 cm³/mol. The van der Waals surface area contributed by atoms with Crippen molar-refractivity contribution < 1.29 is 5.11 Å². The third-order valence-corrected chi connectivity index (χ3v) is 3.75. The van der Waals surface area contributed by atoms with Crippen molar-refractivity contribution in [2.24, 2.45) is 5.73 Å². The number of fused-ring (bicyclic) bond motifs is 1. The molecule has 1 aromatic carbocycles. The van der Waals surface area contributed by atoms with Gasteiger partial charge in [0.2, 0.25) is 0 Å². The molecule has 0 saturated carbocycles. The lowest BCUT2D eigenvalue weighted by molar-refractivity contribution is 0.275. The molecule has 0 saturated heterocycles. The van der Waals surface area contributed by atoms with Crippen LogP contribution in [0.4, 0.5) is 0 Å². The van der Waals surface area contributed by atoms with Gasteiger partial charge in [-0.15, -0.1) is 0 Å². The number of aromatic nitrogens is 2. The van der Waals surface area contributed by atoms with Crippen LogP contribution in [0.2, 0.25) is 0 Å². The Kier molecular flexibility index (Phi) is 5.15. The van der Waals surface area contributed by atoms with E-state index in [2.05, 4.69) is 17.6 Å². The number of nitrogens with zero attached hydrogens (tertiary/aromatic N) is 2. The van der Waals surface area contributed by atoms with Crippen LogP contribution in [0.3, 0.4) is 0 Å². The second kappa shape index (κ2) is 6.86. The Morgan fingerprint density at radius 1 is 1.25 bits per heavy atom. The van der Waals surface area contributed by atoms with Crippen LogP contribution in [0.15, 0.2) is 24.3 Å². The molecule has 0 amide bonds. The number of nitrogens with two attached hydrogens (primary N) is 1. The third kappa shape index (κ3) is 3.38. The maximum Gasteiger partial charge on any atom is 0.112 e. The van der Waals surface area contributed by atoms with Crippen LogP contribution in [0.5, 0.6) is 0 Å². The molecule has 1 heterocycles. The molecule has 2 unspecified atom stereocenters. The first kappa shape index (κ1) is 15.0. The van der Waals surface area contributed by atoms with Crippen LogP contribution in [-0.4, -0.2) is 27.3 Å². The number of benzene rings is 1. The lowest BCUT2D eigenvalue weighted by Gasteiger charge is -2.14. The molecule has 0 spiro atoms. The SMILES string of the molecule is CC(N)CCCC(C)c1nc2ccccc2n1CCO. The molecule has 0 bridgehead atoms. The number of aliphatic hydroxyl groups is 1. The molecule has 4 heteroatoms. The van der Waals surface area contributed by atoms with Crippen molar-refractivity contribution in [1.29, 1.82) is 0 Å². The lowest BCUT2D eigenvalue weighted by Crippen LogP contribution is -2.15. The Morgan fingerprint density at radius 2 is 2.00 bits per heavy atom. The highest BCUT2D eigenvalue weighted by Gasteiger charge is 2.16. The van der Waals surface area contributed by atoms with E-state index in [1.165, 1.54) is 0 Å². The Labute approximate surface area is 120 Å². The van der Waals surface area contributed by atoms with E-state index >= 15 is 0 Å². The van der Waals surface area contributed by atoms with E-state index in [0.717, 1.165) is 36.1 Å². The molecule has 3 N–H and O–H groups in total. The summed E-state index contributed by atoms with van der Waals surface area (Å²) in [5.41, 5.74) is 7.92. The van der Waals surface area contributed by atoms with Crippen molar-refractivity contribution in [3.05, 3.63) is 30.1 Å². The average molecular weight is 275 g/mol. The van der Waals surface area contributed by atoms with Gasteiger partial charge in [0.05, 0.1) is 17.6 Å². The highest BCUT2D eigenvalue weighted by atomic mass is 16.3. The van der Waals surface area contributed by atoms with Gasteiger partial charge < -0.3 is 15.4 Å². The number of rotatable bonds is 7. The number of para-hydroxylation sites is 2. The zero-order chi connectivity index (χ0) is 14.5. The van der Waals surface area contributed by atoms with Gasteiger partial charge in [0, 0.05) is 18.5 Å². The van der Waals surface area contributed by atoms with Gasteiger partial charge in [-0.1, -0.05) is 25.5 Å². The molecule has 2 rings (SSSR count). The van der Waals surface area contributed by atoms with E-state index in [1.807, 2.05) is 25.1 Å². The first-order valence-corrected chi connectivity index (χ1v) is 7.45. The summed E-state index contributed by atoms with van der Waals surface area (Å²) >= 11 is 0. The summed E-state index contributed by atoms with van der Waals surface area (Å²) in [4.78, 5) is 4.75. The molecule has 2 atom stereocenters. The number of hydrogen-bond donors (Lipinski definition) is 2. The number of imidazole rings is 1. The fourth-order valence-corrected chi connectivity index (χ4v) is 2.68. The van der Waals surface area contributed by atoms with Crippen LogP contribution < -0.4 is 5.73 Å². The van der Waals surface area contributed by atoms with Gasteiger partial charge in [-0.2, -0.15) is 0 Å². The van der Waals surface area contributed by atoms with E-state index in [-0.39, 0.29) is 12.6 Å². The predicted octanol–water partition coefficient (Wildman–Crippen LogP) is 2.65. The van der Waals surface area contributed by atoms with Crippen molar-refractivity contribution >= 4 is 11.0 Å². The van der Waals surface area contributed by atoms with E-state index < -0.39 is 0 Å². The second-order valence-corrected chi connectivity index (χ2v) is 5.64. The zero-order valence-corrected chi connectivity index (χ0v) is 12.4. The van der Waals surface area contributed by atoms with Crippen molar-refractivity contribution in [1.82, 2.24) is 9.55 Å². The Balaban J connectivity index is 2.21. The molecule has 110 valence electrons. The van der Waals surface area contributed by atoms with Gasteiger partial charge in [-0.05, 0) is 31.9 Å². The summed E-state index contributed by atoms with van der Waals surface area (Å²) in [6.45, 7) is 5.00. The van der Waals surface area contributed by atoms with Crippen LogP contribution in [0.25, 0.3) is 11.0 Å². The molecule has 0 fully saturated rings. The molecular formula is C16H25N3O. The van der Waals surface area contributed by atoms with Gasteiger partial charge in [-0.3, -0.25) is 0 Å². The van der Waals surface area contributed by atoms with Gasteiger partial charge in [-0.25, -0.2) is 4.98 Å². The smallest absolute Gasteiger partial charge is 0.112 e. The minimum atomic E-state index is 0.139. The minimum absolute atomic E-state index is 0.139. The molecule has 4 nitrogen and oxygen atoms in total. The van der Waals surface area contributed by atoms with E-state index in [0.29, 0.717) is 12.5 Å². The Morgan fingerprint density at radius 3 is 2.70 bits per heavy atom. The van der Waals surface area contributed by atoms with Crippen LogP contribution in [0.1, 0.15) is 44.9 Å². The largest absolute Gasteiger partial charge is 0.395 e. The van der Waals surface area contributed by atoms with Crippen LogP contribution in [0, 0.1) is 0 Å². The first-order chi connectivity index (χ1) is 9.63. The maximum atomic E-state index is 9.29. The lowest BCUT2D eigenvalue weighted by atomic mass is 10.0. The molecular weight excluding hydrogens is 250 g/mol. The van der Waals surface area contributed by atoms with Crippen molar-refractivity contribution in [3.8, 4) is 0 Å². The van der Waals surface area contributed by atoms with Gasteiger partial charge in [0.15, 0.2) is 0 Å². The molecule has 0 aliphatic rings. The van der Waals surface area contributed by atoms with Crippen molar-refractivity contribution in [3.63, 3.8) is 0 Å². The van der Waals surface area contributed by atoms with Gasteiger partial charge in [0.1, 0.15) is 5.82 Å². The second-order valence-electron chi connectivity index (χ2n) is 5.64. The Hall–Kier alpha value is -1.39. The zero-order valence-electron chi connectivity index (χ0n) is 12.4. The standard InChI is InChI=1S/C16H25N3O/c1-12(6-5-7-13(2)17)16-18-14-8-3-4-9-15(14)19(16)10-11-20/h3-4,8-9,12-13,20H,5-7,10-11,17H2,1-2H3. The summed E-state index contributed by atoms with van der Waals surface area (Å²) in [6, 6.07) is 8.38. The molecule has 2 aromatic rings. The van der Waals surface area contributed by atoms with Gasteiger partial charge in [0.25, 0.3) is 0 Å². The van der Waals surface area contributed by atoms with E-state index in [9.17, 15) is 5.11 Å². The molecule has 0 aliphatic heterocycles. The molecule has 0 radical (unpaired) electrons. The van der Waals surface area contributed by atoms with E-state index in [1.54, 1.807) is 0 Å². The fourth-order valence-electron chi connectivity index (χ4n) is 2.68. The third-order valence-electron chi connectivity index (χ3n) is 3.75. The monoisotopic (exact) mass is 275 g/mol. The number of hydrogen-bond acceptors (Lipinski definition) is 3. The first-order valence-electron chi connectivity index (χ1n) is 7.45.